The molecule has 0 aliphatic rings. The molecular formula is C12H8FNO5S. The van der Waals surface area contributed by atoms with E-state index in [1.807, 2.05) is 0 Å². The highest BCUT2D eigenvalue weighted by molar-refractivity contribution is 7.12. The van der Waals surface area contributed by atoms with Gasteiger partial charge in [0.2, 0.25) is 5.82 Å². The van der Waals surface area contributed by atoms with Crippen molar-refractivity contribution in [1.82, 2.24) is 0 Å². The predicted octanol–water partition coefficient (Wildman–Crippen LogP) is 3.07. The van der Waals surface area contributed by atoms with Crippen molar-refractivity contribution in [3.05, 3.63) is 56.0 Å². The van der Waals surface area contributed by atoms with E-state index in [1.54, 1.807) is 11.4 Å². The number of carbonyl (C=O) groups is 1. The Balaban J connectivity index is 2.11. The van der Waals surface area contributed by atoms with E-state index in [-0.39, 0.29) is 17.2 Å². The molecule has 2 rings (SSSR count). The summed E-state index contributed by atoms with van der Waals surface area (Å²) >= 11 is 1.06. The Bertz CT molecular complexity index is 670. The van der Waals surface area contributed by atoms with Crippen LogP contribution in [-0.4, -0.2) is 16.0 Å². The monoisotopic (exact) mass is 297 g/mol. The number of ether oxygens (including phenoxy) is 1. The number of carboxylic acids is 1. The molecule has 0 saturated carbocycles. The number of nitrogens with zero attached hydrogens (tertiary/aromatic N) is 1. The fourth-order valence-electron chi connectivity index (χ4n) is 1.52. The van der Waals surface area contributed by atoms with E-state index in [0.717, 1.165) is 23.5 Å². The van der Waals surface area contributed by atoms with E-state index in [2.05, 4.69) is 0 Å². The van der Waals surface area contributed by atoms with Crippen LogP contribution in [0.4, 0.5) is 10.1 Å². The fourth-order valence-corrected chi connectivity index (χ4v) is 2.27. The summed E-state index contributed by atoms with van der Waals surface area (Å²) in [7, 11) is 0. The maximum atomic E-state index is 13.4. The lowest BCUT2D eigenvalue weighted by Gasteiger charge is -2.06. The van der Waals surface area contributed by atoms with Crippen LogP contribution in [0.2, 0.25) is 0 Å². The molecule has 104 valence electrons. The summed E-state index contributed by atoms with van der Waals surface area (Å²) in [6.07, 6.45) is 0. The van der Waals surface area contributed by atoms with Gasteiger partial charge in [-0.15, -0.1) is 11.3 Å². The van der Waals surface area contributed by atoms with Crippen LogP contribution in [0.3, 0.4) is 0 Å². The van der Waals surface area contributed by atoms with Crippen LogP contribution < -0.4 is 4.74 Å². The molecule has 6 nitrogen and oxygen atoms in total. The highest BCUT2D eigenvalue weighted by Gasteiger charge is 2.15. The van der Waals surface area contributed by atoms with Crippen molar-refractivity contribution in [3.8, 4) is 5.75 Å². The first-order chi connectivity index (χ1) is 9.49. The molecule has 1 N–H and O–H groups in total. The number of hydrogen-bond acceptors (Lipinski definition) is 5. The molecule has 0 aliphatic heterocycles. The second-order valence-electron chi connectivity index (χ2n) is 3.74. The van der Waals surface area contributed by atoms with Gasteiger partial charge in [0.15, 0.2) is 0 Å². The normalized spacial score (nSPS) is 10.2. The van der Waals surface area contributed by atoms with Crippen LogP contribution in [0.5, 0.6) is 5.75 Å². The van der Waals surface area contributed by atoms with Gasteiger partial charge in [-0.2, -0.15) is 4.39 Å². The zero-order chi connectivity index (χ0) is 14.7. The Morgan fingerprint density at radius 2 is 2.20 bits per heavy atom. The standard InChI is InChI=1S/C12H8FNO5S/c13-9-5-8(1-2-10(9)14(17)18)19-6-7-3-4-20-11(7)12(15)16/h1-5H,6H2,(H,15,16). The van der Waals surface area contributed by atoms with Crippen LogP contribution in [-0.2, 0) is 6.61 Å². The molecule has 2 aromatic rings. The summed E-state index contributed by atoms with van der Waals surface area (Å²) in [5.74, 6) is -1.97. The second kappa shape index (κ2) is 5.66. The summed E-state index contributed by atoms with van der Waals surface area (Å²) in [6.45, 7) is -0.0532. The van der Waals surface area contributed by atoms with E-state index >= 15 is 0 Å². The third kappa shape index (κ3) is 2.91. The first-order valence-electron chi connectivity index (χ1n) is 5.35. The maximum Gasteiger partial charge on any atom is 0.346 e. The zero-order valence-corrected chi connectivity index (χ0v) is 10.7. The van der Waals surface area contributed by atoms with E-state index in [9.17, 15) is 19.3 Å². The Labute approximate surface area is 116 Å². The number of thiophene rings is 1. The average Bonchev–Trinajstić information content (AvgIpc) is 2.84. The van der Waals surface area contributed by atoms with Crippen molar-refractivity contribution in [3.63, 3.8) is 0 Å². The van der Waals surface area contributed by atoms with E-state index in [4.69, 9.17) is 9.84 Å². The van der Waals surface area contributed by atoms with Crippen molar-refractivity contribution in [2.45, 2.75) is 6.61 Å². The molecule has 8 heteroatoms. The molecule has 0 saturated heterocycles. The molecule has 0 amide bonds. The van der Waals surface area contributed by atoms with Crippen LogP contribution >= 0.6 is 11.3 Å². The first kappa shape index (κ1) is 13.9. The highest BCUT2D eigenvalue weighted by atomic mass is 32.1. The maximum absolute atomic E-state index is 13.4. The minimum absolute atomic E-state index is 0.0532. The third-order valence-corrected chi connectivity index (χ3v) is 3.40. The van der Waals surface area contributed by atoms with Gasteiger partial charge in [-0.3, -0.25) is 10.1 Å². The molecule has 1 aromatic heterocycles. The van der Waals surface area contributed by atoms with Crippen molar-refractivity contribution in [2.75, 3.05) is 0 Å². The van der Waals surface area contributed by atoms with Crippen LogP contribution in [0.15, 0.2) is 29.6 Å². The lowest BCUT2D eigenvalue weighted by atomic mass is 10.2. The third-order valence-electron chi connectivity index (χ3n) is 2.45. The molecule has 0 atom stereocenters. The van der Waals surface area contributed by atoms with Gasteiger partial charge in [-0.1, -0.05) is 0 Å². The van der Waals surface area contributed by atoms with Gasteiger partial charge in [-0.25, -0.2) is 4.79 Å². The molecule has 0 radical (unpaired) electrons. The summed E-state index contributed by atoms with van der Waals surface area (Å²) < 4.78 is 18.6. The largest absolute Gasteiger partial charge is 0.489 e. The number of carboxylic acid groups (broad SMARTS) is 1. The van der Waals surface area contributed by atoms with Crippen LogP contribution in [0, 0.1) is 15.9 Å². The number of rotatable bonds is 5. The molecule has 0 spiro atoms. The Morgan fingerprint density at radius 3 is 2.80 bits per heavy atom. The Morgan fingerprint density at radius 1 is 1.45 bits per heavy atom. The average molecular weight is 297 g/mol. The molecule has 1 aromatic carbocycles. The van der Waals surface area contributed by atoms with Crippen molar-refractivity contribution < 1.29 is 24.0 Å². The molecule has 0 bridgehead atoms. The predicted molar refractivity (Wildman–Crippen MR) is 68.7 cm³/mol. The topological polar surface area (TPSA) is 89.7 Å². The molecule has 20 heavy (non-hydrogen) atoms. The molecule has 0 unspecified atom stereocenters. The van der Waals surface area contributed by atoms with Gasteiger partial charge in [0, 0.05) is 17.7 Å². The van der Waals surface area contributed by atoms with Crippen LogP contribution in [0.25, 0.3) is 0 Å². The van der Waals surface area contributed by atoms with Gasteiger partial charge in [-0.05, 0) is 17.5 Å². The van der Waals surface area contributed by atoms with Crippen LogP contribution in [0.1, 0.15) is 15.2 Å². The molecule has 0 fully saturated rings. The number of nitro groups is 1. The fraction of sp³-hybridized carbons (Fsp3) is 0.0833. The number of nitro benzene ring substituents is 1. The van der Waals surface area contributed by atoms with Gasteiger partial charge < -0.3 is 9.84 Å². The summed E-state index contributed by atoms with van der Waals surface area (Å²) in [5, 5.41) is 21.0. The molecule has 1 heterocycles. The first-order valence-corrected chi connectivity index (χ1v) is 6.23. The Kier molecular flexibility index (Phi) is 3.94. The van der Waals surface area contributed by atoms with E-state index in [1.165, 1.54) is 6.07 Å². The summed E-state index contributed by atoms with van der Waals surface area (Å²) in [4.78, 5) is 20.7. The second-order valence-corrected chi connectivity index (χ2v) is 4.66. The number of aromatic carboxylic acids is 1. The molecular weight excluding hydrogens is 289 g/mol. The lowest BCUT2D eigenvalue weighted by Crippen LogP contribution is -2.02. The number of benzene rings is 1. The van der Waals surface area contributed by atoms with Crippen molar-refractivity contribution >= 4 is 23.0 Å². The quantitative estimate of drug-likeness (QED) is 0.676. The van der Waals surface area contributed by atoms with E-state index in [0.29, 0.717) is 5.56 Å². The van der Waals surface area contributed by atoms with Gasteiger partial charge in [0.05, 0.1) is 4.92 Å². The smallest absolute Gasteiger partial charge is 0.346 e. The highest BCUT2D eigenvalue weighted by Crippen LogP contribution is 2.24. The SMILES string of the molecule is O=C(O)c1sccc1COc1ccc([N+](=O)[O-])c(F)c1. The van der Waals surface area contributed by atoms with Crippen molar-refractivity contribution in [1.29, 1.82) is 0 Å². The van der Waals surface area contributed by atoms with Crippen molar-refractivity contribution in [2.24, 2.45) is 0 Å². The van der Waals surface area contributed by atoms with Gasteiger partial charge >= 0.3 is 11.7 Å². The summed E-state index contributed by atoms with van der Waals surface area (Å²) in [5.41, 5.74) is -0.180. The van der Waals surface area contributed by atoms with Gasteiger partial charge in [0.1, 0.15) is 17.2 Å². The zero-order valence-electron chi connectivity index (χ0n) is 9.91. The Hall–Kier alpha value is -2.48. The van der Waals surface area contributed by atoms with Gasteiger partial charge in [0.25, 0.3) is 0 Å². The summed E-state index contributed by atoms with van der Waals surface area (Å²) in [6, 6.07) is 4.74. The minimum Gasteiger partial charge on any atom is -0.489 e. The lowest BCUT2D eigenvalue weighted by molar-refractivity contribution is -0.387. The number of hydrogen-bond donors (Lipinski definition) is 1. The number of halogens is 1. The molecule has 0 aliphatic carbocycles. The minimum atomic E-state index is -1.06. The van der Waals surface area contributed by atoms with E-state index < -0.39 is 22.4 Å².